The summed E-state index contributed by atoms with van der Waals surface area (Å²) in [7, 11) is 0. The molecular formula is C16H12F2N2O3. The average molecular weight is 318 g/mol. The van der Waals surface area contributed by atoms with Crippen molar-refractivity contribution in [2.45, 2.75) is 25.3 Å². The van der Waals surface area contributed by atoms with Crippen LogP contribution in [0.5, 0.6) is 0 Å². The molecule has 0 atom stereocenters. The normalized spacial score (nSPS) is 14.5. The van der Waals surface area contributed by atoms with Crippen molar-refractivity contribution in [3.05, 3.63) is 53.2 Å². The van der Waals surface area contributed by atoms with Crippen molar-refractivity contribution in [2.75, 3.05) is 0 Å². The first-order valence-electron chi connectivity index (χ1n) is 7.20. The zero-order chi connectivity index (χ0) is 16.1. The standard InChI is InChI=1S/C16H12F2N2O3/c17-10-5-12-13(6-11(10)18)20(15(19-12)8-1-2-8)7-9-3-4-14(23-9)16(21)22/h3-6,8H,1-2,7H2,(H,21,22). The lowest BCUT2D eigenvalue weighted by Gasteiger charge is -2.07. The lowest BCUT2D eigenvalue weighted by atomic mass is 10.3. The topological polar surface area (TPSA) is 68.3 Å². The number of hydrogen-bond acceptors (Lipinski definition) is 3. The zero-order valence-electron chi connectivity index (χ0n) is 11.9. The first kappa shape index (κ1) is 13.9. The Morgan fingerprint density at radius 1 is 1.30 bits per heavy atom. The average Bonchev–Trinajstić information content (AvgIpc) is 3.15. The highest BCUT2D eigenvalue weighted by Crippen LogP contribution is 2.41. The number of benzene rings is 1. The van der Waals surface area contributed by atoms with E-state index in [-0.39, 0.29) is 18.2 Å². The molecule has 0 saturated heterocycles. The van der Waals surface area contributed by atoms with Crippen LogP contribution >= 0.6 is 0 Å². The molecule has 23 heavy (non-hydrogen) atoms. The van der Waals surface area contributed by atoms with E-state index in [2.05, 4.69) is 4.98 Å². The highest BCUT2D eigenvalue weighted by molar-refractivity contribution is 5.84. The fourth-order valence-corrected chi connectivity index (χ4v) is 2.69. The number of furan rings is 1. The van der Waals surface area contributed by atoms with Gasteiger partial charge in [0, 0.05) is 18.1 Å². The lowest BCUT2D eigenvalue weighted by molar-refractivity contribution is 0.0660. The molecule has 0 aliphatic heterocycles. The first-order chi connectivity index (χ1) is 11.0. The van der Waals surface area contributed by atoms with Gasteiger partial charge in [-0.3, -0.25) is 0 Å². The van der Waals surface area contributed by atoms with Crippen molar-refractivity contribution in [3.8, 4) is 0 Å². The SMILES string of the molecule is O=C(O)c1ccc(Cn2c(C3CC3)nc3cc(F)c(F)cc32)o1. The summed E-state index contributed by atoms with van der Waals surface area (Å²) in [5.74, 6) is -1.74. The maximum absolute atomic E-state index is 13.6. The van der Waals surface area contributed by atoms with Gasteiger partial charge in [-0.05, 0) is 25.0 Å². The molecular weight excluding hydrogens is 306 g/mol. The van der Waals surface area contributed by atoms with E-state index >= 15 is 0 Å². The number of aromatic nitrogens is 2. The molecule has 1 aliphatic rings. The highest BCUT2D eigenvalue weighted by Gasteiger charge is 2.30. The Morgan fingerprint density at radius 2 is 2.04 bits per heavy atom. The van der Waals surface area contributed by atoms with Gasteiger partial charge in [-0.25, -0.2) is 18.6 Å². The summed E-state index contributed by atoms with van der Waals surface area (Å²) in [5, 5.41) is 8.91. The molecule has 118 valence electrons. The van der Waals surface area contributed by atoms with Gasteiger partial charge >= 0.3 is 5.97 Å². The molecule has 2 aromatic heterocycles. The van der Waals surface area contributed by atoms with Gasteiger partial charge in [-0.1, -0.05) is 0 Å². The number of rotatable bonds is 4. The smallest absolute Gasteiger partial charge is 0.371 e. The van der Waals surface area contributed by atoms with Crippen LogP contribution < -0.4 is 0 Å². The second-order valence-corrected chi connectivity index (χ2v) is 5.66. The number of aromatic carboxylic acids is 1. The summed E-state index contributed by atoms with van der Waals surface area (Å²) in [6.07, 6.45) is 1.96. The van der Waals surface area contributed by atoms with Crippen LogP contribution in [0.15, 0.2) is 28.7 Å². The van der Waals surface area contributed by atoms with Crippen LogP contribution in [-0.4, -0.2) is 20.6 Å². The van der Waals surface area contributed by atoms with Crippen molar-refractivity contribution in [2.24, 2.45) is 0 Å². The van der Waals surface area contributed by atoms with Crippen LogP contribution in [0.25, 0.3) is 11.0 Å². The van der Waals surface area contributed by atoms with Crippen molar-refractivity contribution in [1.29, 1.82) is 0 Å². The number of halogens is 2. The van der Waals surface area contributed by atoms with E-state index < -0.39 is 17.6 Å². The third-order valence-corrected chi connectivity index (χ3v) is 3.95. The van der Waals surface area contributed by atoms with Gasteiger partial charge in [0.1, 0.15) is 11.6 Å². The van der Waals surface area contributed by atoms with E-state index in [1.54, 1.807) is 10.6 Å². The van der Waals surface area contributed by atoms with Crippen molar-refractivity contribution in [3.63, 3.8) is 0 Å². The maximum Gasteiger partial charge on any atom is 0.371 e. The van der Waals surface area contributed by atoms with Crippen molar-refractivity contribution < 1.29 is 23.1 Å². The Hall–Kier alpha value is -2.70. The molecule has 0 radical (unpaired) electrons. The van der Waals surface area contributed by atoms with Crippen LogP contribution in [0, 0.1) is 11.6 Å². The number of imidazole rings is 1. The van der Waals surface area contributed by atoms with Gasteiger partial charge in [0.05, 0.1) is 17.6 Å². The number of nitrogens with zero attached hydrogens (tertiary/aromatic N) is 2. The molecule has 4 rings (SSSR count). The lowest BCUT2D eigenvalue weighted by Crippen LogP contribution is -2.04. The molecule has 1 fully saturated rings. The minimum atomic E-state index is -1.15. The van der Waals surface area contributed by atoms with E-state index in [9.17, 15) is 13.6 Å². The summed E-state index contributed by atoms with van der Waals surface area (Å²) in [4.78, 5) is 15.3. The second kappa shape index (κ2) is 4.91. The molecule has 1 aromatic carbocycles. The summed E-state index contributed by atoms with van der Waals surface area (Å²) >= 11 is 0. The molecule has 0 amide bonds. The third-order valence-electron chi connectivity index (χ3n) is 3.95. The third kappa shape index (κ3) is 2.38. The van der Waals surface area contributed by atoms with Crippen LogP contribution in [0.3, 0.4) is 0 Å². The van der Waals surface area contributed by atoms with Crippen LogP contribution in [0.1, 0.15) is 40.9 Å². The molecule has 3 aromatic rings. The summed E-state index contributed by atoms with van der Waals surface area (Å²) < 4.78 is 34.0. The van der Waals surface area contributed by atoms with E-state index in [0.29, 0.717) is 16.8 Å². The fraction of sp³-hybridized carbons (Fsp3) is 0.250. The van der Waals surface area contributed by atoms with E-state index in [4.69, 9.17) is 9.52 Å². The van der Waals surface area contributed by atoms with E-state index in [1.807, 2.05) is 0 Å². The summed E-state index contributed by atoms with van der Waals surface area (Å²) in [6, 6.07) is 5.13. The summed E-state index contributed by atoms with van der Waals surface area (Å²) in [6.45, 7) is 0.223. The predicted molar refractivity (Wildman–Crippen MR) is 76.4 cm³/mol. The van der Waals surface area contributed by atoms with E-state index in [1.165, 1.54) is 6.07 Å². The Labute approximate surface area is 129 Å². The monoisotopic (exact) mass is 318 g/mol. The van der Waals surface area contributed by atoms with Crippen LogP contribution in [0.4, 0.5) is 8.78 Å². The molecule has 7 heteroatoms. The molecule has 0 unspecified atom stereocenters. The van der Waals surface area contributed by atoms with Crippen LogP contribution in [-0.2, 0) is 6.54 Å². The highest BCUT2D eigenvalue weighted by atomic mass is 19.2. The largest absolute Gasteiger partial charge is 0.475 e. The number of fused-ring (bicyclic) bond motifs is 1. The number of carbonyl (C=O) groups is 1. The molecule has 2 heterocycles. The molecule has 5 nitrogen and oxygen atoms in total. The van der Waals surface area contributed by atoms with Crippen molar-refractivity contribution in [1.82, 2.24) is 9.55 Å². The fourth-order valence-electron chi connectivity index (χ4n) is 2.69. The molecule has 1 aliphatic carbocycles. The van der Waals surface area contributed by atoms with Gasteiger partial charge < -0.3 is 14.1 Å². The zero-order valence-corrected chi connectivity index (χ0v) is 11.9. The molecule has 1 N–H and O–H groups in total. The van der Waals surface area contributed by atoms with Gasteiger partial charge in [-0.15, -0.1) is 0 Å². The molecule has 0 spiro atoms. The molecule has 0 bridgehead atoms. The van der Waals surface area contributed by atoms with Gasteiger partial charge in [0.15, 0.2) is 11.6 Å². The van der Waals surface area contributed by atoms with Gasteiger partial charge in [-0.2, -0.15) is 0 Å². The van der Waals surface area contributed by atoms with E-state index in [0.717, 1.165) is 30.8 Å². The Morgan fingerprint density at radius 3 is 2.70 bits per heavy atom. The van der Waals surface area contributed by atoms with Gasteiger partial charge in [0.2, 0.25) is 5.76 Å². The Bertz CT molecular complexity index is 925. The number of carboxylic acids is 1. The first-order valence-corrected chi connectivity index (χ1v) is 7.20. The van der Waals surface area contributed by atoms with Crippen LogP contribution in [0.2, 0.25) is 0 Å². The summed E-state index contributed by atoms with van der Waals surface area (Å²) in [5.41, 5.74) is 0.856. The number of carboxylic acid groups (broad SMARTS) is 1. The molecule has 1 saturated carbocycles. The Balaban J connectivity index is 1.81. The predicted octanol–water partition coefficient (Wildman–Crippen LogP) is 3.53. The minimum absolute atomic E-state index is 0.158. The maximum atomic E-state index is 13.6. The van der Waals surface area contributed by atoms with Gasteiger partial charge in [0.25, 0.3) is 0 Å². The number of hydrogen-bond donors (Lipinski definition) is 1. The second-order valence-electron chi connectivity index (χ2n) is 5.66. The quantitative estimate of drug-likeness (QED) is 0.799. The minimum Gasteiger partial charge on any atom is -0.475 e. The van der Waals surface area contributed by atoms with Crippen molar-refractivity contribution >= 4 is 17.0 Å². The Kier molecular flexibility index (Phi) is 2.97.